The first-order chi connectivity index (χ1) is 12.5. The van der Waals surface area contributed by atoms with E-state index in [9.17, 15) is 9.59 Å². The molecule has 0 saturated heterocycles. The summed E-state index contributed by atoms with van der Waals surface area (Å²) in [6, 6.07) is 14.1. The van der Waals surface area contributed by atoms with E-state index in [0.29, 0.717) is 12.3 Å². The van der Waals surface area contributed by atoms with Crippen LogP contribution in [0.3, 0.4) is 0 Å². The maximum atomic E-state index is 11.9. The molecular weight excluding hydrogens is 328 g/mol. The van der Waals surface area contributed by atoms with Crippen molar-refractivity contribution in [3.63, 3.8) is 0 Å². The van der Waals surface area contributed by atoms with Gasteiger partial charge in [0.15, 0.2) is 0 Å². The first-order valence-electron chi connectivity index (χ1n) is 9.32. The lowest BCUT2D eigenvalue weighted by Crippen LogP contribution is -2.22. The average Bonchev–Trinajstić information content (AvgIpc) is 2.64. The first-order valence-corrected chi connectivity index (χ1v) is 9.32. The van der Waals surface area contributed by atoms with Crippen LogP contribution in [-0.2, 0) is 25.7 Å². The van der Waals surface area contributed by atoms with Gasteiger partial charge >= 0.3 is 11.9 Å². The Labute approximate surface area is 155 Å². The predicted octanol–water partition coefficient (Wildman–Crippen LogP) is 5.03. The van der Waals surface area contributed by atoms with E-state index in [0.717, 1.165) is 22.8 Å². The van der Waals surface area contributed by atoms with E-state index in [1.165, 1.54) is 0 Å². The van der Waals surface area contributed by atoms with Gasteiger partial charge in [0.25, 0.3) is 0 Å². The molecule has 0 saturated carbocycles. The quantitative estimate of drug-likeness (QED) is 0.591. The van der Waals surface area contributed by atoms with E-state index in [1.807, 2.05) is 63.2 Å². The fourth-order valence-corrected chi connectivity index (χ4v) is 2.86. The highest BCUT2D eigenvalue weighted by Crippen LogP contribution is 2.16. The van der Waals surface area contributed by atoms with Gasteiger partial charge in [-0.2, -0.15) is 0 Å². The third-order valence-electron chi connectivity index (χ3n) is 4.40. The SMILES string of the molecule is CCC(OC(=O)CCCC(=O)OCc1ccc2ccccc2c1)C(C)C. The zero-order chi connectivity index (χ0) is 18.9. The van der Waals surface area contributed by atoms with Crippen LogP contribution < -0.4 is 0 Å². The van der Waals surface area contributed by atoms with Gasteiger partial charge in [-0.15, -0.1) is 0 Å². The zero-order valence-corrected chi connectivity index (χ0v) is 15.9. The molecule has 0 aliphatic carbocycles. The Balaban J connectivity index is 1.70. The summed E-state index contributed by atoms with van der Waals surface area (Å²) in [5, 5.41) is 2.28. The van der Waals surface area contributed by atoms with Gasteiger partial charge in [0.2, 0.25) is 0 Å². The summed E-state index contributed by atoms with van der Waals surface area (Å²) >= 11 is 0. The van der Waals surface area contributed by atoms with E-state index in [2.05, 4.69) is 0 Å². The Bertz CT molecular complexity index is 736. The molecule has 0 spiro atoms. The molecule has 0 aromatic heterocycles. The van der Waals surface area contributed by atoms with Gasteiger partial charge in [-0.25, -0.2) is 0 Å². The highest BCUT2D eigenvalue weighted by atomic mass is 16.5. The number of esters is 2. The smallest absolute Gasteiger partial charge is 0.306 e. The van der Waals surface area contributed by atoms with Crippen LogP contribution in [0.1, 0.15) is 52.0 Å². The summed E-state index contributed by atoms with van der Waals surface area (Å²) < 4.78 is 10.7. The fraction of sp³-hybridized carbons (Fsp3) is 0.455. The van der Waals surface area contributed by atoms with E-state index in [-0.39, 0.29) is 37.5 Å². The van der Waals surface area contributed by atoms with Crippen molar-refractivity contribution in [2.24, 2.45) is 5.92 Å². The molecule has 0 amide bonds. The highest BCUT2D eigenvalue weighted by molar-refractivity contribution is 5.83. The number of carbonyl (C=O) groups is 2. The molecule has 4 heteroatoms. The van der Waals surface area contributed by atoms with Crippen molar-refractivity contribution in [1.29, 1.82) is 0 Å². The molecule has 0 bridgehead atoms. The van der Waals surface area contributed by atoms with Gasteiger partial charge in [-0.05, 0) is 41.2 Å². The van der Waals surface area contributed by atoms with Crippen molar-refractivity contribution in [2.45, 2.75) is 59.2 Å². The molecule has 2 rings (SSSR count). The Hall–Kier alpha value is -2.36. The van der Waals surface area contributed by atoms with Crippen LogP contribution in [0.4, 0.5) is 0 Å². The maximum Gasteiger partial charge on any atom is 0.306 e. The van der Waals surface area contributed by atoms with Crippen molar-refractivity contribution in [2.75, 3.05) is 0 Å². The van der Waals surface area contributed by atoms with Crippen LogP contribution >= 0.6 is 0 Å². The lowest BCUT2D eigenvalue weighted by atomic mass is 10.1. The van der Waals surface area contributed by atoms with Crippen LogP contribution in [-0.4, -0.2) is 18.0 Å². The Kier molecular flexibility index (Phi) is 7.64. The van der Waals surface area contributed by atoms with Gasteiger partial charge in [0, 0.05) is 12.8 Å². The van der Waals surface area contributed by atoms with Gasteiger partial charge in [0.05, 0.1) is 0 Å². The predicted molar refractivity (Wildman–Crippen MR) is 103 cm³/mol. The summed E-state index contributed by atoms with van der Waals surface area (Å²) in [5.41, 5.74) is 0.958. The summed E-state index contributed by atoms with van der Waals surface area (Å²) in [6.45, 7) is 6.32. The van der Waals surface area contributed by atoms with Crippen molar-refractivity contribution >= 4 is 22.7 Å². The second-order valence-corrected chi connectivity index (χ2v) is 6.88. The average molecular weight is 356 g/mol. The Morgan fingerprint density at radius 1 is 0.962 bits per heavy atom. The van der Waals surface area contributed by atoms with Crippen LogP contribution in [0.15, 0.2) is 42.5 Å². The van der Waals surface area contributed by atoms with Gasteiger partial charge < -0.3 is 9.47 Å². The molecule has 0 heterocycles. The Morgan fingerprint density at radius 2 is 1.65 bits per heavy atom. The molecule has 1 unspecified atom stereocenters. The number of hydrogen-bond donors (Lipinski definition) is 0. The van der Waals surface area contributed by atoms with E-state index in [1.54, 1.807) is 0 Å². The molecule has 2 aromatic carbocycles. The number of ether oxygens (including phenoxy) is 2. The van der Waals surface area contributed by atoms with E-state index in [4.69, 9.17) is 9.47 Å². The normalized spacial score (nSPS) is 12.2. The second kappa shape index (κ2) is 9.95. The molecule has 0 aliphatic heterocycles. The van der Waals surface area contributed by atoms with Crippen molar-refractivity contribution in [3.05, 3.63) is 48.0 Å². The highest BCUT2D eigenvalue weighted by Gasteiger charge is 2.16. The molecule has 0 aliphatic rings. The standard InChI is InChI=1S/C22H28O4/c1-4-20(16(2)3)26-22(24)11-7-10-21(23)25-15-17-12-13-18-8-5-6-9-19(18)14-17/h5-6,8-9,12-14,16,20H,4,7,10-11,15H2,1-3H3. The van der Waals surface area contributed by atoms with Gasteiger partial charge in [-0.1, -0.05) is 57.2 Å². The number of benzene rings is 2. The summed E-state index contributed by atoms with van der Waals surface area (Å²) in [4.78, 5) is 23.7. The lowest BCUT2D eigenvalue weighted by molar-refractivity contribution is -0.152. The summed E-state index contributed by atoms with van der Waals surface area (Å²) in [5.74, 6) is -0.231. The largest absolute Gasteiger partial charge is 0.462 e. The molecule has 1 atom stereocenters. The summed E-state index contributed by atoms with van der Waals surface area (Å²) in [6.07, 6.45) is 1.67. The van der Waals surface area contributed by atoms with Crippen LogP contribution in [0.5, 0.6) is 0 Å². The Morgan fingerprint density at radius 3 is 2.35 bits per heavy atom. The van der Waals surface area contributed by atoms with Crippen LogP contribution in [0.2, 0.25) is 0 Å². The van der Waals surface area contributed by atoms with Crippen molar-refractivity contribution in [3.8, 4) is 0 Å². The first kappa shape index (κ1) is 20.0. The minimum atomic E-state index is -0.290. The molecule has 140 valence electrons. The molecule has 4 nitrogen and oxygen atoms in total. The molecular formula is C22H28O4. The monoisotopic (exact) mass is 356 g/mol. The zero-order valence-electron chi connectivity index (χ0n) is 15.9. The third kappa shape index (κ3) is 6.17. The maximum absolute atomic E-state index is 11.9. The number of rotatable bonds is 9. The van der Waals surface area contributed by atoms with Gasteiger partial charge in [0.1, 0.15) is 12.7 Å². The molecule has 2 aromatic rings. The van der Waals surface area contributed by atoms with Crippen molar-refractivity contribution in [1.82, 2.24) is 0 Å². The van der Waals surface area contributed by atoms with Crippen LogP contribution in [0, 0.1) is 5.92 Å². The molecule has 26 heavy (non-hydrogen) atoms. The van der Waals surface area contributed by atoms with Crippen molar-refractivity contribution < 1.29 is 19.1 Å². The topological polar surface area (TPSA) is 52.6 Å². The molecule has 0 N–H and O–H groups in total. The van der Waals surface area contributed by atoms with E-state index < -0.39 is 0 Å². The van der Waals surface area contributed by atoms with Gasteiger partial charge in [-0.3, -0.25) is 9.59 Å². The molecule has 0 fully saturated rings. The minimum absolute atomic E-state index is 0.0534. The number of fused-ring (bicyclic) bond motifs is 1. The molecule has 0 radical (unpaired) electrons. The van der Waals surface area contributed by atoms with E-state index >= 15 is 0 Å². The number of hydrogen-bond acceptors (Lipinski definition) is 4. The second-order valence-electron chi connectivity index (χ2n) is 6.88. The number of carbonyl (C=O) groups excluding carboxylic acids is 2. The fourth-order valence-electron chi connectivity index (χ4n) is 2.86. The van der Waals surface area contributed by atoms with Crippen LogP contribution in [0.25, 0.3) is 10.8 Å². The minimum Gasteiger partial charge on any atom is -0.462 e. The summed E-state index contributed by atoms with van der Waals surface area (Å²) in [7, 11) is 0. The lowest BCUT2D eigenvalue weighted by Gasteiger charge is -2.19. The third-order valence-corrected chi connectivity index (χ3v) is 4.40.